The molecule has 0 aromatic heterocycles. The van der Waals surface area contributed by atoms with E-state index < -0.39 is 7.37 Å². The Morgan fingerprint density at radius 2 is 1.92 bits per heavy atom. The summed E-state index contributed by atoms with van der Waals surface area (Å²) in [5.74, 6) is 0. The van der Waals surface area contributed by atoms with Crippen LogP contribution in [0.3, 0.4) is 0 Å². The maximum absolute atomic E-state index is 11.6. The predicted molar refractivity (Wildman–Crippen MR) is 55.5 cm³/mol. The van der Waals surface area contributed by atoms with Crippen LogP contribution in [0.4, 0.5) is 5.69 Å². The molecule has 3 N–H and O–H groups in total. The van der Waals surface area contributed by atoms with Crippen molar-refractivity contribution < 1.29 is 9.46 Å². The van der Waals surface area contributed by atoms with Gasteiger partial charge in [-0.1, -0.05) is 6.92 Å². The highest BCUT2D eigenvalue weighted by Crippen LogP contribution is 2.39. The van der Waals surface area contributed by atoms with Crippen LogP contribution in [0.5, 0.6) is 0 Å². The number of nitrogens with two attached hydrogens (primary N) is 1. The summed E-state index contributed by atoms with van der Waals surface area (Å²) >= 11 is 0. The van der Waals surface area contributed by atoms with Crippen LogP contribution in [0.15, 0.2) is 24.3 Å². The van der Waals surface area contributed by atoms with Crippen LogP contribution in [0.2, 0.25) is 0 Å². The van der Waals surface area contributed by atoms with Crippen molar-refractivity contribution in [1.82, 2.24) is 0 Å². The van der Waals surface area contributed by atoms with Gasteiger partial charge in [0.1, 0.15) is 0 Å². The summed E-state index contributed by atoms with van der Waals surface area (Å²) in [6.45, 7) is 1.89. The van der Waals surface area contributed by atoms with E-state index in [-0.39, 0.29) is 0 Å². The van der Waals surface area contributed by atoms with Gasteiger partial charge in [-0.25, -0.2) is 0 Å². The molecule has 0 saturated carbocycles. The standard InChI is InChI=1S/C9H14NO2P/c1-2-7-13(11,12)9-5-3-8(10)4-6-9/h3-6H,2,7,10H2,1H3,(H,11,12). The topological polar surface area (TPSA) is 63.3 Å². The van der Waals surface area contributed by atoms with Crippen LogP contribution in [0, 0.1) is 0 Å². The largest absolute Gasteiger partial charge is 0.399 e. The third-order valence-corrected chi connectivity index (χ3v) is 3.98. The molecule has 0 aliphatic carbocycles. The molecule has 0 aliphatic heterocycles. The van der Waals surface area contributed by atoms with E-state index in [9.17, 15) is 9.46 Å². The molecule has 1 aromatic carbocycles. The lowest BCUT2D eigenvalue weighted by Crippen LogP contribution is -2.06. The highest BCUT2D eigenvalue weighted by atomic mass is 31.2. The second-order valence-corrected chi connectivity index (χ2v) is 5.38. The minimum atomic E-state index is -3.12. The first-order valence-electron chi connectivity index (χ1n) is 4.24. The maximum Gasteiger partial charge on any atom is 0.229 e. The van der Waals surface area contributed by atoms with Crippen molar-refractivity contribution in [2.45, 2.75) is 13.3 Å². The lowest BCUT2D eigenvalue weighted by atomic mass is 10.3. The molecule has 0 heterocycles. The van der Waals surface area contributed by atoms with Crippen molar-refractivity contribution in [3.05, 3.63) is 24.3 Å². The fraction of sp³-hybridized carbons (Fsp3) is 0.333. The summed E-state index contributed by atoms with van der Waals surface area (Å²) in [5, 5.41) is 0.489. The highest BCUT2D eigenvalue weighted by molar-refractivity contribution is 7.66. The Morgan fingerprint density at radius 1 is 1.38 bits per heavy atom. The number of anilines is 1. The second kappa shape index (κ2) is 3.95. The molecule has 0 aliphatic rings. The summed E-state index contributed by atoms with van der Waals surface area (Å²) in [6, 6.07) is 6.53. The van der Waals surface area contributed by atoms with Crippen LogP contribution in [0.25, 0.3) is 0 Å². The van der Waals surface area contributed by atoms with E-state index in [4.69, 9.17) is 5.73 Å². The van der Waals surface area contributed by atoms with Crippen molar-refractivity contribution in [3.63, 3.8) is 0 Å². The summed E-state index contributed by atoms with van der Waals surface area (Å²) in [7, 11) is -3.12. The van der Waals surface area contributed by atoms with Gasteiger partial charge in [0.05, 0.1) is 0 Å². The van der Waals surface area contributed by atoms with Crippen molar-refractivity contribution in [2.75, 3.05) is 11.9 Å². The van der Waals surface area contributed by atoms with Crippen molar-refractivity contribution >= 4 is 18.4 Å². The zero-order valence-electron chi connectivity index (χ0n) is 7.60. The Balaban J connectivity index is 2.94. The van der Waals surface area contributed by atoms with E-state index >= 15 is 0 Å². The number of hydrogen-bond acceptors (Lipinski definition) is 2. The molecule has 1 rings (SSSR count). The van der Waals surface area contributed by atoms with Gasteiger partial charge in [0, 0.05) is 17.2 Å². The summed E-state index contributed by atoms with van der Waals surface area (Å²) in [4.78, 5) is 9.59. The van der Waals surface area contributed by atoms with Crippen molar-refractivity contribution in [1.29, 1.82) is 0 Å². The van der Waals surface area contributed by atoms with E-state index in [2.05, 4.69) is 0 Å². The number of rotatable bonds is 3. The average Bonchev–Trinajstić information content (AvgIpc) is 2.05. The molecular formula is C9H14NO2P. The lowest BCUT2D eigenvalue weighted by Gasteiger charge is -2.10. The van der Waals surface area contributed by atoms with Crippen LogP contribution >= 0.6 is 7.37 Å². The number of hydrogen-bond donors (Lipinski definition) is 2. The number of benzene rings is 1. The van der Waals surface area contributed by atoms with Gasteiger partial charge in [-0.2, -0.15) is 0 Å². The van der Waals surface area contributed by atoms with Gasteiger partial charge in [0.25, 0.3) is 0 Å². The van der Waals surface area contributed by atoms with Gasteiger partial charge in [-0.15, -0.1) is 0 Å². The first-order chi connectivity index (χ1) is 6.06. The molecule has 1 atom stereocenters. The maximum atomic E-state index is 11.6. The molecule has 1 aromatic rings. The second-order valence-electron chi connectivity index (χ2n) is 3.02. The van der Waals surface area contributed by atoms with Gasteiger partial charge >= 0.3 is 0 Å². The Bertz CT molecular complexity index is 321. The molecule has 3 nitrogen and oxygen atoms in total. The van der Waals surface area contributed by atoms with Crippen LogP contribution in [0.1, 0.15) is 13.3 Å². The van der Waals surface area contributed by atoms with Crippen LogP contribution in [-0.4, -0.2) is 11.1 Å². The number of nitrogen functional groups attached to an aromatic ring is 1. The molecule has 72 valence electrons. The van der Waals surface area contributed by atoms with Gasteiger partial charge in [0.15, 0.2) is 0 Å². The molecule has 1 unspecified atom stereocenters. The minimum Gasteiger partial charge on any atom is -0.399 e. The Morgan fingerprint density at radius 3 is 2.38 bits per heavy atom. The Kier molecular flexibility index (Phi) is 3.12. The SMILES string of the molecule is CCCP(=O)(O)c1ccc(N)cc1. The first-order valence-corrected chi connectivity index (χ1v) is 6.08. The van der Waals surface area contributed by atoms with Crippen LogP contribution in [-0.2, 0) is 4.57 Å². The van der Waals surface area contributed by atoms with E-state index in [1.165, 1.54) is 0 Å². The van der Waals surface area contributed by atoms with Crippen molar-refractivity contribution in [2.24, 2.45) is 0 Å². The fourth-order valence-corrected chi connectivity index (χ4v) is 2.62. The smallest absolute Gasteiger partial charge is 0.229 e. The van der Waals surface area contributed by atoms with E-state index in [0.29, 0.717) is 23.6 Å². The first kappa shape index (κ1) is 10.3. The lowest BCUT2D eigenvalue weighted by molar-refractivity contribution is 0.489. The van der Waals surface area contributed by atoms with E-state index in [0.717, 1.165) is 0 Å². The molecule has 0 amide bonds. The molecule has 0 radical (unpaired) electrons. The van der Waals surface area contributed by atoms with Crippen LogP contribution < -0.4 is 11.0 Å². The van der Waals surface area contributed by atoms with E-state index in [1.807, 2.05) is 6.92 Å². The molecule has 0 fully saturated rings. The molecule has 4 heteroatoms. The normalized spacial score (nSPS) is 15.2. The zero-order valence-corrected chi connectivity index (χ0v) is 8.50. The summed E-state index contributed by atoms with van der Waals surface area (Å²) in [5.41, 5.74) is 6.08. The van der Waals surface area contributed by atoms with E-state index in [1.54, 1.807) is 24.3 Å². The quantitative estimate of drug-likeness (QED) is 0.573. The third kappa shape index (κ3) is 2.58. The third-order valence-electron chi connectivity index (χ3n) is 1.82. The molecule has 0 spiro atoms. The Hall–Kier alpha value is -0.790. The van der Waals surface area contributed by atoms with Gasteiger partial charge in [-0.3, -0.25) is 4.57 Å². The molecule has 0 bridgehead atoms. The average molecular weight is 199 g/mol. The monoisotopic (exact) mass is 199 g/mol. The fourth-order valence-electron chi connectivity index (χ4n) is 1.14. The van der Waals surface area contributed by atoms with Gasteiger partial charge in [0.2, 0.25) is 7.37 Å². The zero-order chi connectivity index (χ0) is 9.90. The predicted octanol–water partition coefficient (Wildman–Crippen LogP) is 1.57. The molecule has 0 saturated heterocycles. The highest BCUT2D eigenvalue weighted by Gasteiger charge is 2.18. The Labute approximate surface area is 78.0 Å². The van der Waals surface area contributed by atoms with Gasteiger partial charge in [-0.05, 0) is 30.7 Å². The summed E-state index contributed by atoms with van der Waals surface area (Å²) in [6.07, 6.45) is 1.04. The molecule has 13 heavy (non-hydrogen) atoms. The minimum absolute atomic E-state index is 0.330. The molecular weight excluding hydrogens is 185 g/mol. The summed E-state index contributed by atoms with van der Waals surface area (Å²) < 4.78 is 11.6. The van der Waals surface area contributed by atoms with Gasteiger partial charge < -0.3 is 10.6 Å². The van der Waals surface area contributed by atoms with Crippen molar-refractivity contribution in [3.8, 4) is 0 Å².